The van der Waals surface area contributed by atoms with Gasteiger partial charge >= 0.3 is 11.4 Å². The normalized spacial score (nSPS) is 11.0. The molecule has 5 nitrogen and oxygen atoms in total. The van der Waals surface area contributed by atoms with E-state index >= 15 is 0 Å². The standard InChI is InChI=1S/C12H13NO4/c1-7(2)6-16-9-5-3-4-8-10(9)13-12(15)17-11(8)14/h3-5,7H,6H2,1-2H3,(H,13,15). The summed E-state index contributed by atoms with van der Waals surface area (Å²) in [5.74, 6) is 0.0707. The van der Waals surface area contributed by atoms with Gasteiger partial charge in [0.15, 0.2) is 0 Å². The first-order valence-corrected chi connectivity index (χ1v) is 5.37. The Labute approximate surface area is 97.0 Å². The monoisotopic (exact) mass is 235 g/mol. The van der Waals surface area contributed by atoms with Gasteiger partial charge in [-0.2, -0.15) is 0 Å². The van der Waals surface area contributed by atoms with Gasteiger partial charge in [-0.3, -0.25) is 4.98 Å². The summed E-state index contributed by atoms with van der Waals surface area (Å²) in [6.45, 7) is 4.55. The van der Waals surface area contributed by atoms with Crippen molar-refractivity contribution in [2.75, 3.05) is 6.61 Å². The van der Waals surface area contributed by atoms with Crippen molar-refractivity contribution in [2.45, 2.75) is 13.8 Å². The van der Waals surface area contributed by atoms with Crippen LogP contribution in [0.3, 0.4) is 0 Å². The van der Waals surface area contributed by atoms with E-state index in [0.29, 0.717) is 29.2 Å². The first-order valence-electron chi connectivity index (χ1n) is 5.37. The number of hydrogen-bond donors (Lipinski definition) is 1. The number of nitrogens with one attached hydrogen (secondary N) is 1. The molecule has 0 radical (unpaired) electrons. The van der Waals surface area contributed by atoms with Crippen LogP contribution in [0.1, 0.15) is 13.8 Å². The van der Waals surface area contributed by atoms with E-state index < -0.39 is 11.4 Å². The Bertz CT molecular complexity index is 639. The summed E-state index contributed by atoms with van der Waals surface area (Å²) < 4.78 is 9.99. The Hall–Kier alpha value is -2.04. The van der Waals surface area contributed by atoms with Crippen LogP contribution in [-0.4, -0.2) is 11.6 Å². The van der Waals surface area contributed by atoms with Gasteiger partial charge in [-0.05, 0) is 18.1 Å². The second-order valence-electron chi connectivity index (χ2n) is 4.19. The maximum Gasteiger partial charge on any atom is 0.419 e. The molecule has 0 unspecified atom stereocenters. The predicted molar refractivity (Wildman–Crippen MR) is 63.4 cm³/mol. The molecule has 0 spiro atoms. The number of benzene rings is 1. The second kappa shape index (κ2) is 4.45. The van der Waals surface area contributed by atoms with E-state index in [4.69, 9.17) is 4.74 Å². The average Bonchev–Trinajstić information content (AvgIpc) is 2.26. The van der Waals surface area contributed by atoms with Crippen molar-refractivity contribution in [3.8, 4) is 5.75 Å². The molecule has 2 aromatic rings. The molecule has 0 fully saturated rings. The first-order chi connectivity index (χ1) is 8.08. The van der Waals surface area contributed by atoms with Crippen LogP contribution in [0.25, 0.3) is 10.9 Å². The molecule has 2 rings (SSSR count). The summed E-state index contributed by atoms with van der Waals surface area (Å²) in [5, 5.41) is 0.311. The van der Waals surface area contributed by atoms with E-state index in [1.54, 1.807) is 18.2 Å². The number of aromatic amines is 1. The summed E-state index contributed by atoms with van der Waals surface area (Å²) in [6.07, 6.45) is 0. The summed E-state index contributed by atoms with van der Waals surface area (Å²) in [4.78, 5) is 25.0. The molecule has 1 heterocycles. The van der Waals surface area contributed by atoms with Crippen LogP contribution in [0.4, 0.5) is 0 Å². The number of aromatic nitrogens is 1. The van der Waals surface area contributed by atoms with Crippen molar-refractivity contribution in [2.24, 2.45) is 5.92 Å². The topological polar surface area (TPSA) is 72.3 Å². The molecule has 90 valence electrons. The Morgan fingerprint density at radius 1 is 1.35 bits per heavy atom. The van der Waals surface area contributed by atoms with E-state index in [1.807, 2.05) is 13.8 Å². The van der Waals surface area contributed by atoms with E-state index in [0.717, 1.165) is 0 Å². The fourth-order valence-corrected chi connectivity index (χ4v) is 1.47. The molecule has 1 N–H and O–H groups in total. The van der Waals surface area contributed by atoms with Gasteiger partial charge in [0.1, 0.15) is 11.3 Å². The lowest BCUT2D eigenvalue weighted by Crippen LogP contribution is -2.15. The van der Waals surface area contributed by atoms with Crippen LogP contribution >= 0.6 is 0 Å². The Morgan fingerprint density at radius 2 is 2.12 bits per heavy atom. The Kier molecular flexibility index (Phi) is 2.99. The van der Waals surface area contributed by atoms with E-state index in [1.165, 1.54) is 0 Å². The van der Waals surface area contributed by atoms with Gasteiger partial charge in [-0.25, -0.2) is 9.59 Å². The summed E-state index contributed by atoms with van der Waals surface area (Å²) in [7, 11) is 0. The molecule has 0 saturated heterocycles. The molecule has 1 aromatic carbocycles. The molecular weight excluding hydrogens is 222 g/mol. The lowest BCUT2D eigenvalue weighted by Gasteiger charge is -2.09. The van der Waals surface area contributed by atoms with Crippen molar-refractivity contribution >= 4 is 10.9 Å². The highest BCUT2D eigenvalue weighted by molar-refractivity contribution is 5.82. The zero-order chi connectivity index (χ0) is 12.4. The van der Waals surface area contributed by atoms with E-state index in [9.17, 15) is 9.59 Å². The van der Waals surface area contributed by atoms with Crippen molar-refractivity contribution in [1.82, 2.24) is 4.98 Å². The minimum absolute atomic E-state index is 0.311. The van der Waals surface area contributed by atoms with Crippen LogP contribution in [0.5, 0.6) is 5.75 Å². The molecule has 0 aliphatic carbocycles. The van der Waals surface area contributed by atoms with Crippen LogP contribution in [0, 0.1) is 5.92 Å². The highest BCUT2D eigenvalue weighted by Gasteiger charge is 2.08. The minimum atomic E-state index is -0.775. The third kappa shape index (κ3) is 2.38. The molecule has 0 saturated carbocycles. The van der Waals surface area contributed by atoms with Gasteiger partial charge < -0.3 is 9.15 Å². The fraction of sp³-hybridized carbons (Fsp3) is 0.333. The molecular formula is C12H13NO4. The van der Waals surface area contributed by atoms with Crippen molar-refractivity contribution in [3.05, 3.63) is 39.2 Å². The van der Waals surface area contributed by atoms with E-state index in [-0.39, 0.29) is 0 Å². The third-order valence-electron chi connectivity index (χ3n) is 2.23. The van der Waals surface area contributed by atoms with Crippen LogP contribution in [-0.2, 0) is 0 Å². The maximum absolute atomic E-state index is 11.4. The molecule has 0 bridgehead atoms. The number of rotatable bonds is 3. The lowest BCUT2D eigenvalue weighted by molar-refractivity contribution is 0.273. The first kappa shape index (κ1) is 11.4. The quantitative estimate of drug-likeness (QED) is 0.875. The lowest BCUT2D eigenvalue weighted by atomic mass is 10.2. The minimum Gasteiger partial charge on any atom is -0.491 e. The van der Waals surface area contributed by atoms with Crippen LogP contribution in [0.15, 0.2) is 32.2 Å². The number of H-pyrrole nitrogens is 1. The van der Waals surface area contributed by atoms with Gasteiger partial charge in [0.05, 0.1) is 12.0 Å². The second-order valence-corrected chi connectivity index (χ2v) is 4.19. The number of fused-ring (bicyclic) bond motifs is 1. The Balaban J connectivity index is 2.56. The molecule has 17 heavy (non-hydrogen) atoms. The average molecular weight is 235 g/mol. The number of hydrogen-bond acceptors (Lipinski definition) is 4. The van der Waals surface area contributed by atoms with Crippen molar-refractivity contribution < 1.29 is 9.15 Å². The number of ether oxygens (including phenoxy) is 1. The zero-order valence-electron chi connectivity index (χ0n) is 9.65. The summed E-state index contributed by atoms with van der Waals surface area (Å²) in [5.41, 5.74) is -0.270. The highest BCUT2D eigenvalue weighted by Crippen LogP contribution is 2.20. The van der Waals surface area contributed by atoms with Gasteiger partial charge in [0.25, 0.3) is 0 Å². The zero-order valence-corrected chi connectivity index (χ0v) is 9.65. The fourth-order valence-electron chi connectivity index (χ4n) is 1.47. The SMILES string of the molecule is CC(C)COc1cccc2c(=O)oc(=O)[nH]c12. The molecule has 0 aliphatic rings. The molecule has 0 aliphatic heterocycles. The predicted octanol–water partition coefficient (Wildman–Crippen LogP) is 1.52. The molecule has 0 atom stereocenters. The van der Waals surface area contributed by atoms with E-state index in [2.05, 4.69) is 9.40 Å². The largest absolute Gasteiger partial charge is 0.491 e. The smallest absolute Gasteiger partial charge is 0.419 e. The maximum atomic E-state index is 11.4. The Morgan fingerprint density at radius 3 is 2.82 bits per heavy atom. The summed E-state index contributed by atoms with van der Waals surface area (Å²) in [6, 6.07) is 4.98. The number of para-hydroxylation sites is 1. The molecule has 0 amide bonds. The van der Waals surface area contributed by atoms with Gasteiger partial charge in [0, 0.05) is 0 Å². The summed E-state index contributed by atoms with van der Waals surface area (Å²) >= 11 is 0. The van der Waals surface area contributed by atoms with Crippen LogP contribution < -0.4 is 16.1 Å². The highest BCUT2D eigenvalue weighted by atomic mass is 16.5. The molecule has 1 aromatic heterocycles. The van der Waals surface area contributed by atoms with Crippen LogP contribution in [0.2, 0.25) is 0 Å². The molecule has 5 heteroatoms. The van der Waals surface area contributed by atoms with Gasteiger partial charge in [-0.1, -0.05) is 19.9 Å². The third-order valence-corrected chi connectivity index (χ3v) is 2.23. The van der Waals surface area contributed by atoms with Gasteiger partial charge in [0.2, 0.25) is 0 Å². The van der Waals surface area contributed by atoms with Crippen molar-refractivity contribution in [1.29, 1.82) is 0 Å². The van der Waals surface area contributed by atoms with Crippen molar-refractivity contribution in [3.63, 3.8) is 0 Å². The van der Waals surface area contributed by atoms with Gasteiger partial charge in [-0.15, -0.1) is 0 Å².